The average molecular weight is 468 g/mol. The van der Waals surface area contributed by atoms with Gasteiger partial charge in [0.05, 0.1) is 18.0 Å². The monoisotopic (exact) mass is 467 g/mol. The normalized spacial score (nSPS) is 21.5. The van der Waals surface area contributed by atoms with Crippen molar-refractivity contribution in [3.05, 3.63) is 64.1 Å². The Morgan fingerprint density at radius 1 is 0.967 bits per heavy atom. The van der Waals surface area contributed by atoms with Crippen LogP contribution in [0.25, 0.3) is 0 Å². The van der Waals surface area contributed by atoms with Crippen molar-refractivity contribution in [3.63, 3.8) is 0 Å². The van der Waals surface area contributed by atoms with Crippen molar-refractivity contribution < 1.29 is 17.9 Å². The molecule has 30 heavy (non-hydrogen) atoms. The Balaban J connectivity index is 1.63. The lowest BCUT2D eigenvalue weighted by molar-refractivity contribution is -0.141. The van der Waals surface area contributed by atoms with E-state index in [2.05, 4.69) is 0 Å². The average Bonchev–Trinajstić information content (AvgIpc) is 3.26. The van der Waals surface area contributed by atoms with Gasteiger partial charge in [0.15, 0.2) is 14.6 Å². The van der Waals surface area contributed by atoms with E-state index in [9.17, 15) is 13.2 Å². The van der Waals surface area contributed by atoms with Gasteiger partial charge in [0, 0.05) is 16.6 Å². The summed E-state index contributed by atoms with van der Waals surface area (Å²) in [5.74, 6) is -0.322. The molecule has 0 aromatic heterocycles. The van der Waals surface area contributed by atoms with Crippen LogP contribution in [0, 0.1) is 0 Å². The molecule has 8 heteroatoms. The fourth-order valence-corrected chi connectivity index (χ4v) is 6.77. The van der Waals surface area contributed by atoms with Gasteiger partial charge in [-0.3, -0.25) is 4.79 Å². The van der Waals surface area contributed by atoms with E-state index in [1.54, 1.807) is 29.2 Å². The smallest absolute Gasteiger partial charge is 0.244 e. The number of rotatable bonds is 4. The number of hydrogen-bond acceptors (Lipinski definition) is 4. The zero-order valence-electron chi connectivity index (χ0n) is 16.4. The number of benzene rings is 2. The molecular formula is C22H23Cl2NO4S. The highest BCUT2D eigenvalue weighted by Crippen LogP contribution is 2.43. The molecule has 0 spiro atoms. The van der Waals surface area contributed by atoms with E-state index in [0.29, 0.717) is 55.4 Å². The van der Waals surface area contributed by atoms with Crippen LogP contribution in [0.15, 0.2) is 53.4 Å². The maximum absolute atomic E-state index is 13.7. The van der Waals surface area contributed by atoms with Gasteiger partial charge in [-0.05, 0) is 54.8 Å². The molecule has 160 valence electrons. The molecule has 2 aliphatic rings. The van der Waals surface area contributed by atoms with Crippen molar-refractivity contribution in [3.8, 4) is 0 Å². The zero-order valence-corrected chi connectivity index (χ0v) is 18.7. The number of ether oxygens (including phenoxy) is 1. The molecule has 1 saturated heterocycles. The van der Waals surface area contributed by atoms with Gasteiger partial charge in [-0.2, -0.15) is 0 Å². The maximum atomic E-state index is 13.7. The van der Waals surface area contributed by atoms with E-state index >= 15 is 0 Å². The highest BCUT2D eigenvalue weighted by molar-refractivity contribution is 7.93. The minimum absolute atomic E-state index is 0.143. The Bertz CT molecular complexity index is 1020. The quantitative estimate of drug-likeness (QED) is 0.654. The lowest BCUT2D eigenvalue weighted by Gasteiger charge is -2.38. The van der Waals surface area contributed by atoms with Crippen LogP contribution in [0.4, 0.5) is 0 Å². The molecule has 2 aromatic rings. The predicted molar refractivity (Wildman–Crippen MR) is 117 cm³/mol. The van der Waals surface area contributed by atoms with Crippen LogP contribution in [0.1, 0.15) is 37.4 Å². The summed E-state index contributed by atoms with van der Waals surface area (Å²) in [6.07, 6.45) is 1.78. The van der Waals surface area contributed by atoms with Crippen molar-refractivity contribution in [2.75, 3.05) is 19.7 Å². The topological polar surface area (TPSA) is 63.7 Å². The first-order chi connectivity index (χ1) is 14.3. The summed E-state index contributed by atoms with van der Waals surface area (Å²) in [4.78, 5) is 15.5. The summed E-state index contributed by atoms with van der Waals surface area (Å²) >= 11 is 11.9. The molecule has 4 rings (SSSR count). The van der Waals surface area contributed by atoms with Gasteiger partial charge >= 0.3 is 0 Å². The van der Waals surface area contributed by atoms with Gasteiger partial charge in [0.25, 0.3) is 0 Å². The van der Waals surface area contributed by atoms with Gasteiger partial charge in [0.2, 0.25) is 5.91 Å². The third-order valence-electron chi connectivity index (χ3n) is 6.03. The number of amides is 1. The minimum Gasteiger partial charge on any atom is -0.370 e. The lowest BCUT2D eigenvalue weighted by Crippen LogP contribution is -2.55. The predicted octanol–water partition coefficient (Wildman–Crippen LogP) is 4.68. The fraction of sp³-hybridized carbons (Fsp3) is 0.409. The van der Waals surface area contributed by atoms with Crippen LogP contribution in [0.5, 0.6) is 0 Å². The molecule has 0 N–H and O–H groups in total. The molecule has 1 amide bonds. The molecule has 1 saturated carbocycles. The van der Waals surface area contributed by atoms with E-state index in [1.807, 2.05) is 12.1 Å². The molecule has 0 bridgehead atoms. The van der Waals surface area contributed by atoms with E-state index < -0.39 is 14.6 Å². The first-order valence-corrected chi connectivity index (χ1v) is 12.2. The first kappa shape index (κ1) is 21.6. The number of morpholine rings is 1. The molecule has 1 unspecified atom stereocenters. The third-order valence-corrected chi connectivity index (χ3v) is 9.04. The standard InChI is InChI=1S/C22H23Cl2NO4S/c23-17-5-3-16(4-6-17)20-15-25(13-14-29-20)21(26)22(11-1-2-12-22)30(27,28)19-9-7-18(24)8-10-19/h3-10,20H,1-2,11-15H2. The molecule has 1 aliphatic carbocycles. The Morgan fingerprint density at radius 2 is 1.53 bits per heavy atom. The van der Waals surface area contributed by atoms with E-state index in [-0.39, 0.29) is 16.9 Å². The second-order valence-electron chi connectivity index (χ2n) is 7.82. The number of carbonyl (C=O) groups is 1. The number of hydrogen-bond donors (Lipinski definition) is 0. The van der Waals surface area contributed by atoms with E-state index in [4.69, 9.17) is 27.9 Å². The fourth-order valence-electron chi connectivity index (χ4n) is 4.38. The van der Waals surface area contributed by atoms with Crippen LogP contribution in [-0.4, -0.2) is 43.7 Å². The molecule has 1 aliphatic heterocycles. The first-order valence-electron chi connectivity index (χ1n) is 10.0. The second-order valence-corrected chi connectivity index (χ2v) is 11.0. The van der Waals surface area contributed by atoms with Crippen molar-refractivity contribution in [1.82, 2.24) is 4.90 Å². The minimum atomic E-state index is -3.86. The zero-order chi connectivity index (χ0) is 21.4. The van der Waals surface area contributed by atoms with Crippen molar-refractivity contribution >= 4 is 38.9 Å². The largest absolute Gasteiger partial charge is 0.370 e. The number of sulfone groups is 1. The van der Waals surface area contributed by atoms with Crippen LogP contribution in [0.3, 0.4) is 0 Å². The maximum Gasteiger partial charge on any atom is 0.244 e. The van der Waals surface area contributed by atoms with Crippen LogP contribution >= 0.6 is 23.2 Å². The Kier molecular flexibility index (Phi) is 6.13. The van der Waals surface area contributed by atoms with Gasteiger partial charge in [-0.1, -0.05) is 48.2 Å². The van der Waals surface area contributed by atoms with Gasteiger partial charge in [-0.25, -0.2) is 8.42 Å². The van der Waals surface area contributed by atoms with Gasteiger partial charge < -0.3 is 9.64 Å². The van der Waals surface area contributed by atoms with Crippen molar-refractivity contribution in [1.29, 1.82) is 0 Å². The number of halogens is 2. The Morgan fingerprint density at radius 3 is 2.13 bits per heavy atom. The van der Waals surface area contributed by atoms with Gasteiger partial charge in [-0.15, -0.1) is 0 Å². The van der Waals surface area contributed by atoms with E-state index in [1.165, 1.54) is 12.1 Å². The number of nitrogens with zero attached hydrogens (tertiary/aromatic N) is 1. The molecule has 2 aromatic carbocycles. The molecule has 0 radical (unpaired) electrons. The van der Waals surface area contributed by atoms with E-state index in [0.717, 1.165) is 5.56 Å². The van der Waals surface area contributed by atoms with Crippen LogP contribution < -0.4 is 0 Å². The molecule has 2 fully saturated rings. The van der Waals surface area contributed by atoms with Crippen LogP contribution in [0.2, 0.25) is 10.0 Å². The Labute approximate surface area is 186 Å². The molecule has 1 heterocycles. The summed E-state index contributed by atoms with van der Waals surface area (Å²) in [6.45, 7) is 1.05. The summed E-state index contributed by atoms with van der Waals surface area (Å²) < 4.78 is 31.6. The summed E-state index contributed by atoms with van der Waals surface area (Å²) in [7, 11) is -3.86. The molecular weight excluding hydrogens is 445 g/mol. The number of carbonyl (C=O) groups excluding carboxylic acids is 1. The molecule has 5 nitrogen and oxygen atoms in total. The van der Waals surface area contributed by atoms with Crippen molar-refractivity contribution in [2.45, 2.75) is 41.4 Å². The molecule has 1 atom stereocenters. The van der Waals surface area contributed by atoms with Crippen molar-refractivity contribution in [2.24, 2.45) is 0 Å². The Hall–Kier alpha value is -1.60. The lowest BCUT2D eigenvalue weighted by atomic mass is 10.0. The summed E-state index contributed by atoms with van der Waals surface area (Å²) in [5, 5.41) is 1.08. The third kappa shape index (κ3) is 3.86. The van der Waals surface area contributed by atoms with Gasteiger partial charge in [0.1, 0.15) is 6.10 Å². The summed E-state index contributed by atoms with van der Waals surface area (Å²) in [6, 6.07) is 13.4. The second kappa shape index (κ2) is 8.50. The SMILES string of the molecule is O=C(N1CCOC(c2ccc(Cl)cc2)C1)C1(S(=O)(=O)c2ccc(Cl)cc2)CCCC1. The highest BCUT2D eigenvalue weighted by atomic mass is 35.5. The summed E-state index contributed by atoms with van der Waals surface area (Å²) in [5.41, 5.74) is 0.915. The highest BCUT2D eigenvalue weighted by Gasteiger charge is 2.54. The van der Waals surface area contributed by atoms with Crippen LogP contribution in [-0.2, 0) is 19.4 Å².